The molecule has 0 N–H and O–H groups in total. The molecule has 1 aromatic heterocycles. The molecule has 0 aliphatic heterocycles. The second-order valence-corrected chi connectivity index (χ2v) is 5.37. The van der Waals surface area contributed by atoms with Crippen LogP contribution in [0.2, 0.25) is 0 Å². The Hall–Kier alpha value is -0.860. The molecule has 3 nitrogen and oxygen atoms in total. The topological polar surface area (TPSA) is 30.7 Å². The molecule has 1 atom stereocenters. The fraction of sp³-hybridized carbons (Fsp3) is 0.867. The number of unbranched alkanes of at least 4 members (excludes halogenated alkanes) is 5. The van der Waals surface area contributed by atoms with Crippen LogP contribution in [0, 0.1) is 5.92 Å². The van der Waals surface area contributed by atoms with Gasteiger partial charge in [0.2, 0.25) is 0 Å². The summed E-state index contributed by atoms with van der Waals surface area (Å²) in [6.07, 6.45) is 16.0. The lowest BCUT2D eigenvalue weighted by Crippen LogP contribution is -2.10. The quantitative estimate of drug-likeness (QED) is 0.544. The summed E-state index contributed by atoms with van der Waals surface area (Å²) in [6.45, 7) is 5.65. The summed E-state index contributed by atoms with van der Waals surface area (Å²) >= 11 is 0. The molecule has 3 heteroatoms. The average Bonchev–Trinajstić information content (AvgIpc) is 2.87. The highest BCUT2D eigenvalue weighted by Gasteiger charge is 2.09. The van der Waals surface area contributed by atoms with E-state index in [-0.39, 0.29) is 0 Å². The summed E-state index contributed by atoms with van der Waals surface area (Å²) in [5, 5.41) is 7.79. The van der Waals surface area contributed by atoms with Gasteiger partial charge in [0.1, 0.15) is 12.7 Å². The summed E-state index contributed by atoms with van der Waals surface area (Å²) in [5.74, 6) is 0.810. The third-order valence-electron chi connectivity index (χ3n) is 3.62. The van der Waals surface area contributed by atoms with E-state index in [1.54, 1.807) is 0 Å². The second-order valence-electron chi connectivity index (χ2n) is 5.37. The van der Waals surface area contributed by atoms with Crippen molar-refractivity contribution < 1.29 is 0 Å². The van der Waals surface area contributed by atoms with Gasteiger partial charge in [-0.15, -0.1) is 10.2 Å². The van der Waals surface area contributed by atoms with Crippen molar-refractivity contribution in [1.29, 1.82) is 0 Å². The number of hydrogen-bond acceptors (Lipinski definition) is 2. The summed E-state index contributed by atoms with van der Waals surface area (Å²) in [4.78, 5) is 0. The van der Waals surface area contributed by atoms with E-state index in [4.69, 9.17) is 0 Å². The maximum absolute atomic E-state index is 3.89. The average molecular weight is 251 g/mol. The van der Waals surface area contributed by atoms with Crippen molar-refractivity contribution in [2.75, 3.05) is 0 Å². The molecule has 0 aliphatic rings. The standard InChI is InChI=1S/C15H29N3/c1-3-5-7-9-11-15(10-8-6-4-2)12-18-13-16-17-14-18/h13-15H,3-12H2,1-2H3. The lowest BCUT2D eigenvalue weighted by Gasteiger charge is -2.17. The summed E-state index contributed by atoms with van der Waals surface area (Å²) in [6, 6.07) is 0. The van der Waals surface area contributed by atoms with Gasteiger partial charge in [0.05, 0.1) is 0 Å². The molecule has 18 heavy (non-hydrogen) atoms. The predicted octanol–water partition coefficient (Wildman–Crippen LogP) is 4.45. The molecule has 0 bridgehead atoms. The molecule has 0 spiro atoms. The maximum atomic E-state index is 3.89. The highest BCUT2D eigenvalue weighted by molar-refractivity contribution is 4.67. The van der Waals surface area contributed by atoms with Crippen LogP contribution in [0.15, 0.2) is 12.7 Å². The zero-order valence-corrected chi connectivity index (χ0v) is 12.1. The summed E-state index contributed by atoms with van der Waals surface area (Å²) in [7, 11) is 0. The minimum atomic E-state index is 0.810. The van der Waals surface area contributed by atoms with E-state index in [1.165, 1.54) is 57.8 Å². The third kappa shape index (κ3) is 6.77. The normalized spacial score (nSPS) is 12.8. The maximum Gasteiger partial charge on any atom is 0.119 e. The van der Waals surface area contributed by atoms with Crippen molar-refractivity contribution in [3.63, 3.8) is 0 Å². The van der Waals surface area contributed by atoms with E-state index >= 15 is 0 Å². The van der Waals surface area contributed by atoms with E-state index in [2.05, 4.69) is 28.6 Å². The predicted molar refractivity (Wildman–Crippen MR) is 76.4 cm³/mol. The van der Waals surface area contributed by atoms with Crippen molar-refractivity contribution in [1.82, 2.24) is 14.8 Å². The molecule has 0 amide bonds. The Morgan fingerprint density at radius 2 is 1.39 bits per heavy atom. The van der Waals surface area contributed by atoms with Crippen molar-refractivity contribution >= 4 is 0 Å². The fourth-order valence-corrected chi connectivity index (χ4v) is 2.48. The van der Waals surface area contributed by atoms with Crippen molar-refractivity contribution in [3.8, 4) is 0 Å². The molecule has 104 valence electrons. The Kier molecular flexibility index (Phi) is 8.53. The van der Waals surface area contributed by atoms with Crippen LogP contribution in [0.5, 0.6) is 0 Å². The molecule has 0 aliphatic carbocycles. The van der Waals surface area contributed by atoms with E-state index in [0.717, 1.165) is 12.5 Å². The van der Waals surface area contributed by atoms with Crippen molar-refractivity contribution in [2.45, 2.75) is 78.2 Å². The Morgan fingerprint density at radius 1 is 0.833 bits per heavy atom. The first-order valence-electron chi connectivity index (χ1n) is 7.69. The van der Waals surface area contributed by atoms with Crippen LogP contribution in [0.3, 0.4) is 0 Å². The monoisotopic (exact) mass is 251 g/mol. The van der Waals surface area contributed by atoms with Crippen LogP contribution >= 0.6 is 0 Å². The first kappa shape index (κ1) is 15.2. The van der Waals surface area contributed by atoms with Crippen LogP contribution in [0.1, 0.15) is 71.6 Å². The molecule has 0 saturated carbocycles. The highest BCUT2D eigenvalue weighted by Crippen LogP contribution is 2.19. The highest BCUT2D eigenvalue weighted by atomic mass is 15.2. The van der Waals surface area contributed by atoms with Crippen molar-refractivity contribution in [2.24, 2.45) is 5.92 Å². The van der Waals surface area contributed by atoms with Gasteiger partial charge in [-0.25, -0.2) is 0 Å². The van der Waals surface area contributed by atoms with Gasteiger partial charge < -0.3 is 4.57 Å². The van der Waals surface area contributed by atoms with Crippen LogP contribution in [-0.2, 0) is 6.54 Å². The molecule has 1 rings (SSSR count). The molecule has 0 aromatic carbocycles. The Balaban J connectivity index is 2.27. The first-order valence-corrected chi connectivity index (χ1v) is 7.69. The second kappa shape index (κ2) is 10.1. The van der Waals surface area contributed by atoms with Gasteiger partial charge in [-0.1, -0.05) is 58.8 Å². The minimum absolute atomic E-state index is 0.810. The molecule has 1 aromatic rings. The molecule has 1 unspecified atom stereocenters. The van der Waals surface area contributed by atoms with E-state index in [9.17, 15) is 0 Å². The number of nitrogens with zero attached hydrogens (tertiary/aromatic N) is 3. The van der Waals surface area contributed by atoms with E-state index < -0.39 is 0 Å². The number of hydrogen-bond donors (Lipinski definition) is 0. The van der Waals surface area contributed by atoms with E-state index in [0.29, 0.717) is 0 Å². The Bertz CT molecular complexity index is 269. The third-order valence-corrected chi connectivity index (χ3v) is 3.62. The number of rotatable bonds is 11. The van der Waals surface area contributed by atoms with Gasteiger partial charge >= 0.3 is 0 Å². The van der Waals surface area contributed by atoms with Gasteiger partial charge in [-0.05, 0) is 18.8 Å². The van der Waals surface area contributed by atoms with Gasteiger partial charge in [0.25, 0.3) is 0 Å². The van der Waals surface area contributed by atoms with Crippen LogP contribution in [0.4, 0.5) is 0 Å². The molecule has 0 radical (unpaired) electrons. The van der Waals surface area contributed by atoms with Gasteiger partial charge in [-0.3, -0.25) is 0 Å². The molecule has 0 fully saturated rings. The molecule has 1 heterocycles. The lowest BCUT2D eigenvalue weighted by molar-refractivity contribution is 0.359. The molecular formula is C15H29N3. The van der Waals surface area contributed by atoms with Crippen LogP contribution < -0.4 is 0 Å². The summed E-state index contributed by atoms with van der Waals surface area (Å²) < 4.78 is 2.14. The van der Waals surface area contributed by atoms with E-state index in [1.807, 2.05) is 12.7 Å². The number of aromatic nitrogens is 3. The largest absolute Gasteiger partial charge is 0.320 e. The van der Waals surface area contributed by atoms with Crippen molar-refractivity contribution in [3.05, 3.63) is 12.7 Å². The zero-order chi connectivity index (χ0) is 13.1. The smallest absolute Gasteiger partial charge is 0.119 e. The van der Waals surface area contributed by atoms with Gasteiger partial charge in [0.15, 0.2) is 0 Å². The zero-order valence-electron chi connectivity index (χ0n) is 12.1. The van der Waals surface area contributed by atoms with Crippen LogP contribution in [0.25, 0.3) is 0 Å². The minimum Gasteiger partial charge on any atom is -0.320 e. The summed E-state index contributed by atoms with van der Waals surface area (Å²) in [5.41, 5.74) is 0. The fourth-order valence-electron chi connectivity index (χ4n) is 2.48. The molecule has 0 saturated heterocycles. The van der Waals surface area contributed by atoms with Gasteiger partial charge in [-0.2, -0.15) is 0 Å². The van der Waals surface area contributed by atoms with Gasteiger partial charge in [0, 0.05) is 6.54 Å². The first-order chi connectivity index (χ1) is 8.86. The lowest BCUT2D eigenvalue weighted by atomic mass is 9.94. The molecular weight excluding hydrogens is 222 g/mol. The Labute approximate surface area is 112 Å². The Morgan fingerprint density at radius 3 is 2.00 bits per heavy atom. The SMILES string of the molecule is CCCCCCC(CCCCC)Cn1cnnc1. The van der Waals surface area contributed by atoms with Crippen LogP contribution in [-0.4, -0.2) is 14.8 Å².